The van der Waals surface area contributed by atoms with Crippen LogP contribution in [-0.2, 0) is 0 Å². The lowest BCUT2D eigenvalue weighted by atomic mass is 10.1. The molecule has 0 saturated carbocycles. The summed E-state index contributed by atoms with van der Waals surface area (Å²) in [6.07, 6.45) is 3.62. The van der Waals surface area contributed by atoms with Crippen LogP contribution in [0.5, 0.6) is 0 Å². The summed E-state index contributed by atoms with van der Waals surface area (Å²) >= 11 is 0. The van der Waals surface area contributed by atoms with Crippen LogP contribution >= 0.6 is 0 Å². The molecule has 4 nitrogen and oxygen atoms in total. The zero-order valence-electron chi connectivity index (χ0n) is 13.9. The number of benzene rings is 2. The van der Waals surface area contributed by atoms with Crippen molar-refractivity contribution in [1.82, 2.24) is 14.8 Å². The first-order chi connectivity index (χ1) is 12.3. The topological polar surface area (TPSA) is 42.7 Å². The van der Waals surface area contributed by atoms with E-state index in [9.17, 15) is 0 Å². The number of anilines is 2. The summed E-state index contributed by atoms with van der Waals surface area (Å²) < 4.78 is 1.93. The van der Waals surface area contributed by atoms with E-state index in [1.165, 1.54) is 0 Å². The Hall–Kier alpha value is -3.40. The molecule has 4 heteroatoms. The molecule has 0 fully saturated rings. The van der Waals surface area contributed by atoms with Crippen molar-refractivity contribution in [1.29, 1.82) is 0 Å². The van der Waals surface area contributed by atoms with Crippen LogP contribution in [0.15, 0.2) is 85.2 Å². The summed E-state index contributed by atoms with van der Waals surface area (Å²) in [4.78, 5) is 4.42. The molecule has 0 bridgehead atoms. The summed E-state index contributed by atoms with van der Waals surface area (Å²) in [5.41, 5.74) is 6.24. The molecular formula is C21H18N4. The number of pyridine rings is 1. The van der Waals surface area contributed by atoms with Crippen molar-refractivity contribution in [3.05, 3.63) is 90.9 Å². The highest BCUT2D eigenvalue weighted by Gasteiger charge is 2.04. The molecule has 0 saturated heterocycles. The maximum absolute atomic E-state index is 4.42. The van der Waals surface area contributed by atoms with Crippen molar-refractivity contribution in [2.24, 2.45) is 0 Å². The molecule has 0 aliphatic rings. The smallest absolute Gasteiger partial charge is 0.0702 e. The Morgan fingerprint density at radius 3 is 2.40 bits per heavy atom. The monoisotopic (exact) mass is 326 g/mol. The molecule has 4 rings (SSSR count). The molecule has 122 valence electrons. The summed E-state index contributed by atoms with van der Waals surface area (Å²) in [6, 6.07) is 24.4. The Bertz CT molecular complexity index is 989. The van der Waals surface area contributed by atoms with Crippen molar-refractivity contribution in [3.63, 3.8) is 0 Å². The van der Waals surface area contributed by atoms with Crippen molar-refractivity contribution in [2.75, 3.05) is 5.32 Å². The third-order valence-corrected chi connectivity index (χ3v) is 4.03. The predicted octanol–water partition coefficient (Wildman–Crippen LogP) is 4.99. The Morgan fingerprint density at radius 2 is 1.64 bits per heavy atom. The third-order valence-electron chi connectivity index (χ3n) is 4.03. The minimum Gasteiger partial charge on any atom is -0.355 e. The van der Waals surface area contributed by atoms with E-state index < -0.39 is 0 Å². The Labute approximate surface area is 146 Å². The van der Waals surface area contributed by atoms with E-state index in [0.717, 1.165) is 34.0 Å². The van der Waals surface area contributed by atoms with E-state index in [1.807, 2.05) is 60.4 Å². The molecule has 2 aromatic carbocycles. The van der Waals surface area contributed by atoms with Crippen LogP contribution in [0.4, 0.5) is 11.4 Å². The zero-order valence-corrected chi connectivity index (χ0v) is 13.9. The lowest BCUT2D eigenvalue weighted by Crippen LogP contribution is -1.99. The second-order valence-electron chi connectivity index (χ2n) is 5.86. The molecule has 25 heavy (non-hydrogen) atoms. The standard InChI is InChI=1S/C21H18N4/c1-16-11-13-23-25(16)20-9-5-8-19(15-20)24-18-7-4-6-17(14-18)21-10-2-3-12-22-21/h2-15,24H,1H3. The molecule has 0 aliphatic heterocycles. The number of hydrogen-bond donors (Lipinski definition) is 1. The average molecular weight is 326 g/mol. The van der Waals surface area contributed by atoms with E-state index in [0.29, 0.717) is 0 Å². The molecule has 0 spiro atoms. The molecular weight excluding hydrogens is 308 g/mol. The van der Waals surface area contributed by atoms with Crippen LogP contribution in [0.3, 0.4) is 0 Å². The van der Waals surface area contributed by atoms with Crippen LogP contribution in [0.2, 0.25) is 0 Å². The van der Waals surface area contributed by atoms with Gasteiger partial charge in [-0.1, -0.05) is 24.3 Å². The maximum atomic E-state index is 4.42. The van der Waals surface area contributed by atoms with Gasteiger partial charge >= 0.3 is 0 Å². The van der Waals surface area contributed by atoms with Crippen LogP contribution in [0.1, 0.15) is 5.69 Å². The minimum absolute atomic E-state index is 0.965. The van der Waals surface area contributed by atoms with E-state index in [2.05, 4.69) is 51.8 Å². The van der Waals surface area contributed by atoms with E-state index in [1.54, 1.807) is 0 Å². The minimum atomic E-state index is 0.965. The Morgan fingerprint density at radius 1 is 0.800 bits per heavy atom. The van der Waals surface area contributed by atoms with Gasteiger partial charge in [-0.2, -0.15) is 5.10 Å². The lowest BCUT2D eigenvalue weighted by molar-refractivity contribution is 0.847. The van der Waals surface area contributed by atoms with Gasteiger partial charge in [-0.3, -0.25) is 4.98 Å². The van der Waals surface area contributed by atoms with E-state index in [-0.39, 0.29) is 0 Å². The van der Waals surface area contributed by atoms with Crippen molar-refractivity contribution >= 4 is 11.4 Å². The highest BCUT2D eigenvalue weighted by molar-refractivity contribution is 5.69. The number of rotatable bonds is 4. The van der Waals surface area contributed by atoms with Crippen LogP contribution in [0.25, 0.3) is 16.9 Å². The molecule has 2 aromatic heterocycles. The van der Waals surface area contributed by atoms with Gasteiger partial charge in [-0.05, 0) is 55.5 Å². The van der Waals surface area contributed by atoms with E-state index >= 15 is 0 Å². The van der Waals surface area contributed by atoms with Gasteiger partial charge in [0.1, 0.15) is 0 Å². The lowest BCUT2D eigenvalue weighted by Gasteiger charge is -2.11. The van der Waals surface area contributed by atoms with Crippen molar-refractivity contribution in [3.8, 4) is 16.9 Å². The summed E-state index contributed by atoms with van der Waals surface area (Å²) in [5, 5.41) is 7.84. The van der Waals surface area contributed by atoms with Gasteiger partial charge in [0.15, 0.2) is 0 Å². The first-order valence-corrected chi connectivity index (χ1v) is 8.19. The number of nitrogens with one attached hydrogen (secondary N) is 1. The van der Waals surface area contributed by atoms with Gasteiger partial charge < -0.3 is 5.32 Å². The summed E-state index contributed by atoms with van der Waals surface area (Å²) in [6.45, 7) is 2.05. The van der Waals surface area contributed by atoms with Gasteiger partial charge in [0, 0.05) is 35.0 Å². The molecule has 0 amide bonds. The van der Waals surface area contributed by atoms with Crippen LogP contribution < -0.4 is 5.32 Å². The Kier molecular flexibility index (Phi) is 4.01. The molecule has 0 radical (unpaired) electrons. The number of hydrogen-bond acceptors (Lipinski definition) is 3. The predicted molar refractivity (Wildman–Crippen MR) is 101 cm³/mol. The first-order valence-electron chi connectivity index (χ1n) is 8.19. The average Bonchev–Trinajstić information content (AvgIpc) is 3.09. The molecule has 0 atom stereocenters. The van der Waals surface area contributed by atoms with Gasteiger partial charge in [0.2, 0.25) is 0 Å². The fourth-order valence-corrected chi connectivity index (χ4v) is 2.81. The van der Waals surface area contributed by atoms with Crippen molar-refractivity contribution in [2.45, 2.75) is 6.92 Å². The van der Waals surface area contributed by atoms with Gasteiger partial charge in [0.05, 0.1) is 11.4 Å². The summed E-state index contributed by atoms with van der Waals surface area (Å²) in [5.74, 6) is 0. The number of aromatic nitrogens is 3. The largest absolute Gasteiger partial charge is 0.355 e. The Balaban J connectivity index is 1.62. The first kappa shape index (κ1) is 15.1. The fourth-order valence-electron chi connectivity index (χ4n) is 2.81. The third kappa shape index (κ3) is 3.28. The zero-order chi connectivity index (χ0) is 17.1. The highest BCUT2D eigenvalue weighted by atomic mass is 15.3. The van der Waals surface area contributed by atoms with Crippen LogP contribution in [-0.4, -0.2) is 14.8 Å². The normalized spacial score (nSPS) is 10.6. The number of aryl methyl sites for hydroxylation is 1. The molecule has 0 unspecified atom stereocenters. The highest BCUT2D eigenvalue weighted by Crippen LogP contribution is 2.24. The van der Waals surface area contributed by atoms with Crippen molar-refractivity contribution < 1.29 is 0 Å². The van der Waals surface area contributed by atoms with Gasteiger partial charge in [-0.15, -0.1) is 0 Å². The second-order valence-corrected chi connectivity index (χ2v) is 5.86. The van der Waals surface area contributed by atoms with E-state index in [4.69, 9.17) is 0 Å². The maximum Gasteiger partial charge on any atom is 0.0702 e. The SMILES string of the molecule is Cc1ccnn1-c1cccc(Nc2cccc(-c3ccccn3)c2)c1. The summed E-state index contributed by atoms with van der Waals surface area (Å²) in [7, 11) is 0. The molecule has 2 heterocycles. The van der Waals surface area contributed by atoms with Crippen LogP contribution in [0, 0.1) is 6.92 Å². The molecule has 4 aromatic rings. The molecule has 1 N–H and O–H groups in total. The molecule has 0 aliphatic carbocycles. The number of nitrogens with zero attached hydrogens (tertiary/aromatic N) is 3. The quantitative estimate of drug-likeness (QED) is 0.575. The van der Waals surface area contributed by atoms with Gasteiger partial charge in [0.25, 0.3) is 0 Å². The second kappa shape index (κ2) is 6.61. The van der Waals surface area contributed by atoms with Gasteiger partial charge in [-0.25, -0.2) is 4.68 Å². The fraction of sp³-hybridized carbons (Fsp3) is 0.0476.